The van der Waals surface area contributed by atoms with E-state index >= 15 is 0 Å². The first-order chi connectivity index (χ1) is 16.6. The highest BCUT2D eigenvalue weighted by atomic mass is 19.4. The average molecular weight is 492 g/mol. The lowest BCUT2D eigenvalue weighted by Crippen LogP contribution is -2.58. The summed E-state index contributed by atoms with van der Waals surface area (Å²) in [6.45, 7) is 0. The number of likely N-dealkylation sites (tertiary alicyclic amines) is 1. The van der Waals surface area contributed by atoms with Gasteiger partial charge in [-0.1, -0.05) is 0 Å². The molecular weight excluding hydrogens is 469 g/mol. The number of esters is 1. The van der Waals surface area contributed by atoms with Gasteiger partial charge in [0.05, 0.1) is 18.3 Å². The molecule has 2 bridgehead atoms. The number of alkyl halides is 3. The summed E-state index contributed by atoms with van der Waals surface area (Å²) < 4.78 is 43.3. The molecule has 0 spiro atoms. The number of carbonyl (C=O) groups is 3. The molecule has 35 heavy (non-hydrogen) atoms. The number of hydrogen-bond donors (Lipinski definition) is 1. The molecule has 1 saturated carbocycles. The number of nitriles is 1. The minimum atomic E-state index is -5.22. The number of ether oxygens (including phenoxy) is 1. The second-order valence-electron chi connectivity index (χ2n) is 9.67. The van der Waals surface area contributed by atoms with Crippen LogP contribution in [0.2, 0.25) is 0 Å². The number of hydrogen-bond acceptors (Lipinski definition) is 8. The van der Waals surface area contributed by atoms with Gasteiger partial charge >= 0.3 is 12.1 Å². The third-order valence-corrected chi connectivity index (χ3v) is 7.71. The standard InChI is InChI=1S/C22H23F3N6O4/c23-22(24,25)20(34)35-21-8-12(21)7-15(9-26)31(21)19(33)17(27)11-5-13-1-2-14(6-11)30(13)18(32)16-10-28-3-4-29-16/h3-4,10-15,17H,1-2,5-8,27H2/t11?,12-,13?,14?,15+,17+,21+/m1/s1. The normalized spacial score (nSPS) is 34.1. The Kier molecular flexibility index (Phi) is 5.47. The van der Waals surface area contributed by atoms with E-state index < -0.39 is 41.8 Å². The lowest BCUT2D eigenvalue weighted by atomic mass is 9.84. The third kappa shape index (κ3) is 3.80. The van der Waals surface area contributed by atoms with Crippen LogP contribution in [-0.2, 0) is 14.3 Å². The zero-order chi connectivity index (χ0) is 25.1. The van der Waals surface area contributed by atoms with Crippen molar-refractivity contribution >= 4 is 17.8 Å². The van der Waals surface area contributed by atoms with Gasteiger partial charge in [0.25, 0.3) is 5.91 Å². The number of fused-ring (bicyclic) bond motifs is 3. The number of rotatable bonds is 4. The van der Waals surface area contributed by atoms with Gasteiger partial charge in [-0.25, -0.2) is 9.78 Å². The van der Waals surface area contributed by atoms with Gasteiger partial charge in [0, 0.05) is 36.8 Å². The maximum absolute atomic E-state index is 13.4. The number of nitrogens with two attached hydrogens (primary N) is 1. The van der Waals surface area contributed by atoms with Gasteiger partial charge in [-0.3, -0.25) is 19.5 Å². The second kappa shape index (κ2) is 8.15. The molecule has 3 saturated heterocycles. The van der Waals surface area contributed by atoms with Crippen LogP contribution < -0.4 is 5.73 Å². The van der Waals surface area contributed by atoms with E-state index in [1.165, 1.54) is 18.6 Å². The summed E-state index contributed by atoms with van der Waals surface area (Å²) >= 11 is 0. The fourth-order valence-electron chi connectivity index (χ4n) is 6.09. The number of halogens is 3. The van der Waals surface area contributed by atoms with Crippen molar-refractivity contribution in [1.29, 1.82) is 5.26 Å². The van der Waals surface area contributed by atoms with Gasteiger partial charge in [0.2, 0.25) is 5.91 Å². The molecule has 2 unspecified atom stereocenters. The van der Waals surface area contributed by atoms with Crippen LogP contribution in [0.3, 0.4) is 0 Å². The Morgan fingerprint density at radius 3 is 2.46 bits per heavy atom. The summed E-state index contributed by atoms with van der Waals surface area (Å²) in [6, 6.07) is -0.528. The monoisotopic (exact) mass is 492 g/mol. The lowest BCUT2D eigenvalue weighted by molar-refractivity contribution is -0.217. The Morgan fingerprint density at radius 2 is 1.89 bits per heavy atom. The van der Waals surface area contributed by atoms with Gasteiger partial charge in [0.1, 0.15) is 11.7 Å². The number of piperidine rings is 2. The Bertz CT molecular complexity index is 1080. The molecular formula is C22H23F3N6O4. The molecule has 1 aromatic heterocycles. The first-order valence-corrected chi connectivity index (χ1v) is 11.4. The number of aromatic nitrogens is 2. The van der Waals surface area contributed by atoms with Crippen molar-refractivity contribution in [3.63, 3.8) is 0 Å². The van der Waals surface area contributed by atoms with Crippen molar-refractivity contribution < 1.29 is 32.3 Å². The van der Waals surface area contributed by atoms with Crippen molar-refractivity contribution in [2.24, 2.45) is 17.6 Å². The molecule has 6 atom stereocenters. The number of amides is 2. The first-order valence-electron chi connectivity index (χ1n) is 11.4. The minimum absolute atomic E-state index is 0.0434. The SMILES string of the molecule is N#C[C@@H]1C[C@@H]2C[C@@]2(OC(=O)C(F)(F)F)N1C(=O)[C@@H](N)C1CC2CCC(C1)N2C(=O)c1cnccn1. The Morgan fingerprint density at radius 1 is 1.20 bits per heavy atom. The summed E-state index contributed by atoms with van der Waals surface area (Å²) in [6.07, 6.45) is 1.57. The molecule has 1 aliphatic carbocycles. The molecule has 10 nitrogen and oxygen atoms in total. The molecule has 13 heteroatoms. The van der Waals surface area contributed by atoms with E-state index in [4.69, 9.17) is 10.5 Å². The van der Waals surface area contributed by atoms with Crippen molar-refractivity contribution in [3.8, 4) is 6.07 Å². The highest BCUT2D eigenvalue weighted by molar-refractivity contribution is 5.93. The topological polar surface area (TPSA) is 143 Å². The minimum Gasteiger partial charge on any atom is -0.432 e. The van der Waals surface area contributed by atoms with Gasteiger partial charge in [-0.15, -0.1) is 0 Å². The van der Waals surface area contributed by atoms with Gasteiger partial charge in [-0.2, -0.15) is 18.4 Å². The van der Waals surface area contributed by atoms with Crippen LogP contribution in [0.1, 0.15) is 49.0 Å². The molecule has 1 aromatic rings. The van der Waals surface area contributed by atoms with Crippen LogP contribution in [-0.4, -0.2) is 73.6 Å². The van der Waals surface area contributed by atoms with Crippen LogP contribution in [0.5, 0.6) is 0 Å². The fourth-order valence-corrected chi connectivity index (χ4v) is 6.09. The predicted molar refractivity (Wildman–Crippen MR) is 110 cm³/mol. The largest absolute Gasteiger partial charge is 0.491 e. The first kappa shape index (κ1) is 23.5. The molecule has 5 rings (SSSR count). The molecule has 0 radical (unpaired) electrons. The maximum atomic E-state index is 13.4. The summed E-state index contributed by atoms with van der Waals surface area (Å²) in [4.78, 5) is 48.7. The van der Waals surface area contributed by atoms with E-state index in [0.717, 1.165) is 17.7 Å². The van der Waals surface area contributed by atoms with Crippen LogP contribution in [0.25, 0.3) is 0 Å². The van der Waals surface area contributed by atoms with E-state index in [1.807, 2.05) is 6.07 Å². The van der Waals surface area contributed by atoms with Crippen LogP contribution in [0.4, 0.5) is 13.2 Å². The number of nitrogens with zero attached hydrogens (tertiary/aromatic N) is 5. The van der Waals surface area contributed by atoms with Crippen LogP contribution >= 0.6 is 0 Å². The van der Waals surface area contributed by atoms with E-state index in [2.05, 4.69) is 9.97 Å². The molecule has 4 fully saturated rings. The Hall–Kier alpha value is -3.27. The molecule has 2 amide bonds. The fraction of sp³-hybridized carbons (Fsp3) is 0.636. The second-order valence-corrected chi connectivity index (χ2v) is 9.67. The predicted octanol–water partition coefficient (Wildman–Crippen LogP) is 1.13. The van der Waals surface area contributed by atoms with E-state index in [1.54, 1.807) is 4.90 Å². The van der Waals surface area contributed by atoms with Crippen LogP contribution in [0.15, 0.2) is 18.6 Å². The highest BCUT2D eigenvalue weighted by Gasteiger charge is 2.72. The third-order valence-electron chi connectivity index (χ3n) is 7.71. The zero-order valence-electron chi connectivity index (χ0n) is 18.5. The molecule has 4 aliphatic rings. The lowest BCUT2D eigenvalue weighted by Gasteiger charge is -2.42. The molecule has 2 N–H and O–H groups in total. The molecule has 0 aromatic carbocycles. The van der Waals surface area contributed by atoms with Gasteiger partial charge < -0.3 is 15.4 Å². The highest BCUT2D eigenvalue weighted by Crippen LogP contribution is 2.59. The van der Waals surface area contributed by atoms with E-state index in [0.29, 0.717) is 12.8 Å². The van der Waals surface area contributed by atoms with E-state index in [9.17, 15) is 32.8 Å². The van der Waals surface area contributed by atoms with Crippen molar-refractivity contribution in [1.82, 2.24) is 19.8 Å². The number of carbonyl (C=O) groups excluding carboxylic acids is 3. The molecule has 4 heterocycles. The van der Waals surface area contributed by atoms with Crippen molar-refractivity contribution in [2.45, 2.75) is 74.6 Å². The van der Waals surface area contributed by atoms with Crippen LogP contribution in [0, 0.1) is 23.2 Å². The van der Waals surface area contributed by atoms with Gasteiger partial charge in [-0.05, 0) is 38.0 Å². The summed E-state index contributed by atoms with van der Waals surface area (Å²) in [5.41, 5.74) is 4.79. The Labute approximate surface area is 198 Å². The van der Waals surface area contributed by atoms with Crippen molar-refractivity contribution in [3.05, 3.63) is 24.3 Å². The van der Waals surface area contributed by atoms with E-state index in [-0.39, 0.29) is 42.4 Å². The van der Waals surface area contributed by atoms with Crippen molar-refractivity contribution in [2.75, 3.05) is 0 Å². The van der Waals surface area contributed by atoms with Gasteiger partial charge in [0.15, 0.2) is 5.72 Å². The molecule has 186 valence electrons. The average Bonchev–Trinajstić information content (AvgIpc) is 3.33. The summed E-state index contributed by atoms with van der Waals surface area (Å²) in [5.74, 6) is -4.22. The maximum Gasteiger partial charge on any atom is 0.491 e. The quantitative estimate of drug-likeness (QED) is 0.617. The summed E-state index contributed by atoms with van der Waals surface area (Å²) in [5, 5.41) is 9.52. The smallest absolute Gasteiger partial charge is 0.432 e. The zero-order valence-corrected chi connectivity index (χ0v) is 18.5. The molecule has 3 aliphatic heterocycles. The summed E-state index contributed by atoms with van der Waals surface area (Å²) in [7, 11) is 0. The Balaban J connectivity index is 1.31.